The molecule has 0 aliphatic heterocycles. The Morgan fingerprint density at radius 1 is 1.09 bits per heavy atom. The van der Waals surface area contributed by atoms with Crippen LogP contribution in [0.4, 0.5) is 10.1 Å². The van der Waals surface area contributed by atoms with Crippen molar-refractivity contribution in [3.63, 3.8) is 0 Å². The van der Waals surface area contributed by atoms with Crippen molar-refractivity contribution in [1.29, 1.82) is 0 Å². The van der Waals surface area contributed by atoms with E-state index >= 15 is 0 Å². The molecule has 2 amide bonds. The molecule has 0 aromatic heterocycles. The van der Waals surface area contributed by atoms with Gasteiger partial charge in [0, 0.05) is 13.6 Å². The van der Waals surface area contributed by atoms with Gasteiger partial charge in [-0.1, -0.05) is 31.2 Å². The van der Waals surface area contributed by atoms with Crippen molar-refractivity contribution in [1.82, 2.24) is 10.2 Å². The second-order valence-corrected chi connectivity index (χ2v) is 9.26. The number of halogens is 1. The fourth-order valence-electron chi connectivity index (χ4n) is 3.41. The average Bonchev–Trinajstić information content (AvgIpc) is 2.78. The van der Waals surface area contributed by atoms with E-state index in [2.05, 4.69) is 5.32 Å². The number of likely N-dealkylation sites (N-methyl/N-ethyl adjacent to an activating group) is 1. The van der Waals surface area contributed by atoms with Crippen LogP contribution in [0.1, 0.15) is 25.8 Å². The lowest BCUT2D eigenvalue weighted by atomic mass is 10.1. The maximum atomic E-state index is 13.5. The Bertz CT molecular complexity index is 1060. The second kappa shape index (κ2) is 11.6. The first kappa shape index (κ1) is 26.1. The van der Waals surface area contributed by atoms with Crippen LogP contribution in [0, 0.1) is 5.82 Å². The molecule has 0 unspecified atom stereocenters. The van der Waals surface area contributed by atoms with Crippen molar-refractivity contribution in [2.75, 3.05) is 30.8 Å². The van der Waals surface area contributed by atoms with Gasteiger partial charge in [0.15, 0.2) is 0 Å². The SMILES string of the molecule is CCOc1ccccc1N(CC(=O)N(Cc1ccc(F)cc1)[C@@H](CC)C(=O)NC)S(C)(=O)=O. The fraction of sp³-hybridized carbons (Fsp3) is 0.391. The summed E-state index contributed by atoms with van der Waals surface area (Å²) in [7, 11) is -2.40. The number of benzene rings is 2. The minimum Gasteiger partial charge on any atom is -0.492 e. The molecule has 0 spiro atoms. The minimum atomic E-state index is -3.87. The topological polar surface area (TPSA) is 96.0 Å². The highest BCUT2D eigenvalue weighted by molar-refractivity contribution is 7.92. The van der Waals surface area contributed by atoms with Crippen LogP contribution < -0.4 is 14.4 Å². The van der Waals surface area contributed by atoms with E-state index < -0.39 is 34.3 Å². The van der Waals surface area contributed by atoms with Crippen molar-refractivity contribution in [2.45, 2.75) is 32.9 Å². The molecule has 1 N–H and O–H groups in total. The van der Waals surface area contributed by atoms with Crippen molar-refractivity contribution >= 4 is 27.5 Å². The lowest BCUT2D eigenvalue weighted by Gasteiger charge is -2.32. The summed E-state index contributed by atoms with van der Waals surface area (Å²) in [6.45, 7) is 3.32. The molecule has 8 nitrogen and oxygen atoms in total. The predicted molar refractivity (Wildman–Crippen MR) is 125 cm³/mol. The highest BCUT2D eigenvalue weighted by Gasteiger charge is 2.32. The molecule has 0 fully saturated rings. The van der Waals surface area contributed by atoms with Crippen LogP contribution in [0.3, 0.4) is 0 Å². The third-order valence-corrected chi connectivity index (χ3v) is 6.14. The summed E-state index contributed by atoms with van der Waals surface area (Å²) >= 11 is 0. The highest BCUT2D eigenvalue weighted by atomic mass is 32.2. The molecular weight excluding hydrogens is 449 g/mol. The van der Waals surface area contributed by atoms with Crippen LogP contribution in [0.5, 0.6) is 5.75 Å². The molecule has 0 radical (unpaired) electrons. The van der Waals surface area contributed by atoms with Crippen LogP contribution in [-0.4, -0.2) is 57.6 Å². The summed E-state index contributed by atoms with van der Waals surface area (Å²) in [4.78, 5) is 27.3. The summed E-state index contributed by atoms with van der Waals surface area (Å²) in [5.41, 5.74) is 0.831. The van der Waals surface area contributed by atoms with Gasteiger partial charge in [0.1, 0.15) is 24.2 Å². The zero-order valence-electron chi connectivity index (χ0n) is 19.2. The number of sulfonamides is 1. The monoisotopic (exact) mass is 479 g/mol. The van der Waals surface area contributed by atoms with Crippen LogP contribution in [0.15, 0.2) is 48.5 Å². The van der Waals surface area contributed by atoms with Crippen molar-refractivity contribution < 1.29 is 27.1 Å². The minimum absolute atomic E-state index is 0.00967. The molecule has 0 aliphatic rings. The van der Waals surface area contributed by atoms with E-state index in [1.807, 2.05) is 0 Å². The van der Waals surface area contributed by atoms with Gasteiger partial charge < -0.3 is 15.0 Å². The number of amides is 2. The molecule has 0 aliphatic carbocycles. The van der Waals surface area contributed by atoms with Crippen molar-refractivity contribution in [3.05, 3.63) is 59.9 Å². The third-order valence-electron chi connectivity index (χ3n) is 5.01. The fourth-order valence-corrected chi connectivity index (χ4v) is 4.26. The first-order valence-corrected chi connectivity index (χ1v) is 12.4. The lowest BCUT2D eigenvalue weighted by Crippen LogP contribution is -2.51. The van der Waals surface area contributed by atoms with E-state index in [1.165, 1.54) is 36.2 Å². The van der Waals surface area contributed by atoms with E-state index in [4.69, 9.17) is 4.74 Å². The smallest absolute Gasteiger partial charge is 0.244 e. The second-order valence-electron chi connectivity index (χ2n) is 7.36. The van der Waals surface area contributed by atoms with Gasteiger partial charge in [0.05, 0.1) is 18.6 Å². The first-order valence-electron chi connectivity index (χ1n) is 10.6. The molecule has 0 saturated carbocycles. The first-order chi connectivity index (χ1) is 15.6. The van der Waals surface area contributed by atoms with Gasteiger partial charge in [-0.05, 0) is 43.2 Å². The molecule has 0 saturated heterocycles. The number of nitrogens with zero attached hydrogens (tertiary/aromatic N) is 2. The number of hydrogen-bond donors (Lipinski definition) is 1. The van der Waals surface area contributed by atoms with Gasteiger partial charge in [-0.25, -0.2) is 12.8 Å². The molecule has 0 bridgehead atoms. The predicted octanol–water partition coefficient (Wildman–Crippen LogP) is 2.54. The summed E-state index contributed by atoms with van der Waals surface area (Å²) in [5, 5.41) is 2.54. The summed E-state index contributed by atoms with van der Waals surface area (Å²) in [5.74, 6) is -1.06. The van der Waals surface area contributed by atoms with E-state index in [-0.39, 0.29) is 18.1 Å². The summed E-state index contributed by atoms with van der Waals surface area (Å²) in [6, 6.07) is 11.3. The standard InChI is InChI=1S/C23H30FN3O5S/c1-5-19(23(29)25-3)26(15-17-11-13-18(24)14-12-17)22(28)16-27(33(4,30)31)20-9-7-8-10-21(20)32-6-2/h7-14,19H,5-6,15-16H2,1-4H3,(H,25,29)/t19-/m0/s1. The Morgan fingerprint density at radius 2 is 1.73 bits per heavy atom. The molecule has 1 atom stereocenters. The molecule has 2 aromatic carbocycles. The molecule has 10 heteroatoms. The molecule has 33 heavy (non-hydrogen) atoms. The highest BCUT2D eigenvalue weighted by Crippen LogP contribution is 2.30. The molecular formula is C23H30FN3O5S. The van der Waals surface area contributed by atoms with Gasteiger partial charge in [-0.15, -0.1) is 0 Å². The Morgan fingerprint density at radius 3 is 2.27 bits per heavy atom. The summed E-state index contributed by atoms with van der Waals surface area (Å²) < 4.78 is 45.2. The van der Waals surface area contributed by atoms with Crippen LogP contribution >= 0.6 is 0 Å². The Kier molecular flexibility index (Phi) is 9.22. The number of ether oxygens (including phenoxy) is 1. The van der Waals surface area contributed by atoms with E-state index in [0.717, 1.165) is 10.6 Å². The lowest BCUT2D eigenvalue weighted by molar-refractivity contribution is -0.140. The van der Waals surface area contributed by atoms with Crippen LogP contribution in [0.2, 0.25) is 0 Å². The molecule has 180 valence electrons. The van der Waals surface area contributed by atoms with Gasteiger partial charge in [0.25, 0.3) is 0 Å². The van der Waals surface area contributed by atoms with Gasteiger partial charge in [0.2, 0.25) is 21.8 Å². The number of para-hydroxylation sites is 2. The van der Waals surface area contributed by atoms with E-state index in [1.54, 1.807) is 38.1 Å². The maximum absolute atomic E-state index is 13.5. The van der Waals surface area contributed by atoms with Gasteiger partial charge in [-0.3, -0.25) is 13.9 Å². The van der Waals surface area contributed by atoms with Gasteiger partial charge >= 0.3 is 0 Å². The summed E-state index contributed by atoms with van der Waals surface area (Å²) in [6.07, 6.45) is 1.31. The van der Waals surface area contributed by atoms with E-state index in [0.29, 0.717) is 24.3 Å². The molecule has 2 aromatic rings. The van der Waals surface area contributed by atoms with Crippen LogP contribution in [-0.2, 0) is 26.2 Å². The Labute approximate surface area is 194 Å². The zero-order valence-corrected chi connectivity index (χ0v) is 20.1. The quantitative estimate of drug-likeness (QED) is 0.534. The Hall–Kier alpha value is -3.14. The molecule has 2 rings (SSSR count). The van der Waals surface area contributed by atoms with Crippen molar-refractivity contribution in [3.8, 4) is 5.75 Å². The largest absolute Gasteiger partial charge is 0.492 e. The number of nitrogens with one attached hydrogen (secondary N) is 1. The number of carbonyl (C=O) groups excluding carboxylic acids is 2. The van der Waals surface area contributed by atoms with Crippen LogP contribution in [0.25, 0.3) is 0 Å². The van der Waals surface area contributed by atoms with Crippen molar-refractivity contribution in [2.24, 2.45) is 0 Å². The van der Waals surface area contributed by atoms with Gasteiger partial charge in [-0.2, -0.15) is 0 Å². The van der Waals surface area contributed by atoms with E-state index in [9.17, 15) is 22.4 Å². The third kappa shape index (κ3) is 6.92. The average molecular weight is 480 g/mol. The number of carbonyl (C=O) groups is 2. The number of anilines is 1. The molecule has 0 heterocycles. The number of rotatable bonds is 11. The number of hydrogen-bond acceptors (Lipinski definition) is 5. The maximum Gasteiger partial charge on any atom is 0.244 e. The normalized spacial score (nSPS) is 12.0. The zero-order chi connectivity index (χ0) is 24.6. The Balaban J connectivity index is 2.46.